The summed E-state index contributed by atoms with van der Waals surface area (Å²) in [7, 11) is 0. The van der Waals surface area contributed by atoms with Crippen LogP contribution in [0.2, 0.25) is 0 Å². The molecule has 0 aromatic heterocycles. The molecule has 1 heterocycles. The molecule has 0 bridgehead atoms. The second kappa shape index (κ2) is 8.66. The fourth-order valence-electron chi connectivity index (χ4n) is 9.69. The van der Waals surface area contributed by atoms with Crippen LogP contribution < -0.4 is 5.32 Å². The number of ether oxygens (including phenoxy) is 1. The normalized spacial score (nSPS) is 50.4. The minimum absolute atomic E-state index is 0.0662. The van der Waals surface area contributed by atoms with E-state index in [0.29, 0.717) is 35.6 Å². The Kier molecular flexibility index (Phi) is 6.26. The van der Waals surface area contributed by atoms with Crippen LogP contribution >= 0.6 is 0 Å². The van der Waals surface area contributed by atoms with E-state index in [1.807, 2.05) is 0 Å². The molecule has 0 unspecified atom stereocenters. The van der Waals surface area contributed by atoms with Gasteiger partial charge in [-0.25, -0.2) is 0 Å². The summed E-state index contributed by atoms with van der Waals surface area (Å²) < 4.78 is 5.61. The van der Waals surface area contributed by atoms with Crippen LogP contribution in [-0.4, -0.2) is 35.9 Å². The minimum atomic E-state index is -0.159. The van der Waals surface area contributed by atoms with E-state index in [1.165, 1.54) is 32.6 Å². The highest BCUT2D eigenvalue weighted by Gasteiger charge is 2.62. The van der Waals surface area contributed by atoms with Gasteiger partial charge in [0.15, 0.2) is 0 Å². The number of nitrogens with one attached hydrogen (secondary N) is 1. The molecule has 0 radical (unpaired) electrons. The molecule has 11 atom stereocenters. The number of esters is 1. The van der Waals surface area contributed by atoms with Crippen molar-refractivity contribution in [1.29, 1.82) is 0 Å². The molecule has 0 aromatic carbocycles. The molecule has 0 aromatic rings. The zero-order valence-electron chi connectivity index (χ0n) is 21.6. The third-order valence-corrected chi connectivity index (χ3v) is 11.4. The lowest BCUT2D eigenvalue weighted by Gasteiger charge is -2.58. The fraction of sp³-hybridized carbons (Fsp3) is 0.897. The van der Waals surface area contributed by atoms with Crippen molar-refractivity contribution in [3.05, 3.63) is 11.6 Å². The van der Waals surface area contributed by atoms with Gasteiger partial charge in [0, 0.05) is 19.4 Å². The zero-order valence-corrected chi connectivity index (χ0v) is 21.6. The number of fused-ring (bicyclic) bond motifs is 5. The van der Waals surface area contributed by atoms with E-state index in [2.05, 4.69) is 39.1 Å². The number of carbonyl (C=O) groups excluding carboxylic acids is 1. The molecule has 0 spiro atoms. The summed E-state index contributed by atoms with van der Waals surface area (Å²) in [5.74, 6) is 3.60. The number of allylic oxidation sites excluding steroid dienone is 1. The molecule has 186 valence electrons. The van der Waals surface area contributed by atoms with Crippen LogP contribution in [0.4, 0.5) is 0 Å². The van der Waals surface area contributed by atoms with E-state index in [0.717, 1.165) is 44.6 Å². The smallest absolute Gasteiger partial charge is 0.302 e. The van der Waals surface area contributed by atoms with E-state index in [-0.39, 0.29) is 29.0 Å². The van der Waals surface area contributed by atoms with Crippen molar-refractivity contribution >= 4 is 5.97 Å². The van der Waals surface area contributed by atoms with Crippen LogP contribution in [0.5, 0.6) is 0 Å². The molecule has 4 heteroatoms. The molecule has 3 saturated carbocycles. The predicted molar refractivity (Wildman–Crippen MR) is 131 cm³/mol. The Hall–Kier alpha value is -0.870. The molecule has 4 fully saturated rings. The van der Waals surface area contributed by atoms with E-state index in [4.69, 9.17) is 4.74 Å². The van der Waals surface area contributed by atoms with Crippen molar-refractivity contribution < 1.29 is 14.6 Å². The van der Waals surface area contributed by atoms with Crippen LogP contribution in [0.3, 0.4) is 0 Å². The molecular weight excluding hydrogens is 410 g/mol. The van der Waals surface area contributed by atoms with Gasteiger partial charge in [0.05, 0.1) is 6.10 Å². The third kappa shape index (κ3) is 3.92. The summed E-state index contributed by atoms with van der Waals surface area (Å²) in [5.41, 5.74) is 2.05. The van der Waals surface area contributed by atoms with Gasteiger partial charge in [0.25, 0.3) is 0 Å². The minimum Gasteiger partial charge on any atom is -0.462 e. The maximum atomic E-state index is 11.5. The van der Waals surface area contributed by atoms with E-state index < -0.39 is 0 Å². The Morgan fingerprint density at radius 2 is 1.97 bits per heavy atom. The lowest BCUT2D eigenvalue weighted by Crippen LogP contribution is -2.53. The standard InChI is InChI=1S/C29H47NO3/c1-17-6-9-25(30-16-17)18(2)27-26(32)15-24-22-8-7-20-14-21(33-19(3)31)10-12-28(20,4)23(22)11-13-29(24,27)5/h7,17-18,21-27,30,32H,6,8-16H2,1-5H3/t17-,18-,21+,22-,23+,24+,25+,26+,27+,28+,29+/m1/s1. The number of piperidine rings is 1. The number of hydrogen-bond acceptors (Lipinski definition) is 4. The second-order valence-corrected chi connectivity index (χ2v) is 13.2. The molecule has 5 aliphatic rings. The topological polar surface area (TPSA) is 58.6 Å². The molecule has 4 nitrogen and oxygen atoms in total. The monoisotopic (exact) mass is 457 g/mol. The SMILES string of the molecule is CC(=O)O[C@H]1CC[C@@]2(C)C(=CC[C@H]3[C@@H]4C[C@H](O)[C@H]([C@H](C)[C@@H]5CC[C@@H](C)CN5)[C@@]4(C)CC[C@@H]32)C1. The zero-order chi connectivity index (χ0) is 23.5. The Bertz CT molecular complexity index is 786. The Balaban J connectivity index is 1.35. The van der Waals surface area contributed by atoms with Crippen LogP contribution in [-0.2, 0) is 9.53 Å². The van der Waals surface area contributed by atoms with Crippen molar-refractivity contribution in [3.63, 3.8) is 0 Å². The number of aliphatic hydroxyl groups is 1. The van der Waals surface area contributed by atoms with Crippen molar-refractivity contribution in [3.8, 4) is 0 Å². The van der Waals surface area contributed by atoms with E-state index >= 15 is 0 Å². The molecule has 1 aliphatic heterocycles. The van der Waals surface area contributed by atoms with Crippen molar-refractivity contribution in [2.24, 2.45) is 46.3 Å². The van der Waals surface area contributed by atoms with E-state index in [9.17, 15) is 9.90 Å². The maximum Gasteiger partial charge on any atom is 0.302 e. The largest absolute Gasteiger partial charge is 0.462 e. The van der Waals surface area contributed by atoms with Gasteiger partial charge >= 0.3 is 5.97 Å². The van der Waals surface area contributed by atoms with Gasteiger partial charge in [-0.2, -0.15) is 0 Å². The van der Waals surface area contributed by atoms with Gasteiger partial charge in [-0.15, -0.1) is 0 Å². The van der Waals surface area contributed by atoms with Gasteiger partial charge in [0.2, 0.25) is 0 Å². The molecule has 2 N–H and O–H groups in total. The number of hydrogen-bond donors (Lipinski definition) is 2. The molecule has 33 heavy (non-hydrogen) atoms. The second-order valence-electron chi connectivity index (χ2n) is 13.2. The van der Waals surface area contributed by atoms with Gasteiger partial charge in [-0.1, -0.05) is 39.3 Å². The van der Waals surface area contributed by atoms with Crippen molar-refractivity contribution in [2.75, 3.05) is 6.54 Å². The molecule has 0 amide bonds. The fourth-order valence-corrected chi connectivity index (χ4v) is 9.69. The van der Waals surface area contributed by atoms with Crippen molar-refractivity contribution in [1.82, 2.24) is 5.32 Å². The highest BCUT2D eigenvalue weighted by molar-refractivity contribution is 5.66. The molecule has 5 rings (SSSR count). The van der Waals surface area contributed by atoms with Crippen LogP contribution in [0.1, 0.15) is 92.4 Å². The number of carbonyl (C=O) groups is 1. The number of rotatable bonds is 3. The van der Waals surface area contributed by atoms with Crippen LogP contribution in [0, 0.1) is 46.3 Å². The Morgan fingerprint density at radius 1 is 1.18 bits per heavy atom. The maximum absolute atomic E-state index is 11.5. The van der Waals surface area contributed by atoms with Gasteiger partial charge in [-0.05, 0) is 104 Å². The van der Waals surface area contributed by atoms with Crippen molar-refractivity contribution in [2.45, 2.75) is 111 Å². The van der Waals surface area contributed by atoms with Gasteiger partial charge < -0.3 is 15.2 Å². The quantitative estimate of drug-likeness (QED) is 0.434. The Labute approximate surface area is 201 Å². The first kappa shape index (κ1) is 23.9. The Morgan fingerprint density at radius 3 is 2.67 bits per heavy atom. The van der Waals surface area contributed by atoms with Gasteiger partial charge in [-0.3, -0.25) is 4.79 Å². The summed E-state index contributed by atoms with van der Waals surface area (Å²) in [5, 5.41) is 15.3. The summed E-state index contributed by atoms with van der Waals surface area (Å²) in [4.78, 5) is 11.5. The molecule has 4 aliphatic carbocycles. The average Bonchev–Trinajstić information content (AvgIpc) is 3.03. The summed E-state index contributed by atoms with van der Waals surface area (Å²) in [6.45, 7) is 12.5. The van der Waals surface area contributed by atoms with E-state index in [1.54, 1.807) is 5.57 Å². The lowest BCUT2D eigenvalue weighted by molar-refractivity contribution is -0.148. The summed E-state index contributed by atoms with van der Waals surface area (Å²) >= 11 is 0. The molecular formula is C29H47NO3. The van der Waals surface area contributed by atoms with Crippen LogP contribution in [0.25, 0.3) is 0 Å². The van der Waals surface area contributed by atoms with Gasteiger partial charge in [0.1, 0.15) is 6.10 Å². The lowest BCUT2D eigenvalue weighted by atomic mass is 9.47. The third-order valence-electron chi connectivity index (χ3n) is 11.4. The summed E-state index contributed by atoms with van der Waals surface area (Å²) in [6.07, 6.45) is 12.7. The molecule has 1 saturated heterocycles. The first-order chi connectivity index (χ1) is 15.6. The highest BCUT2D eigenvalue weighted by Crippen LogP contribution is 2.67. The number of aliphatic hydroxyl groups excluding tert-OH is 1. The average molecular weight is 458 g/mol. The van der Waals surface area contributed by atoms with Crippen LogP contribution in [0.15, 0.2) is 11.6 Å². The first-order valence-corrected chi connectivity index (χ1v) is 13.9. The highest BCUT2D eigenvalue weighted by atomic mass is 16.5. The predicted octanol–water partition coefficient (Wildman–Crippen LogP) is 5.49. The first-order valence-electron chi connectivity index (χ1n) is 13.9. The summed E-state index contributed by atoms with van der Waals surface area (Å²) in [6, 6.07) is 0.557.